The van der Waals surface area contributed by atoms with Gasteiger partial charge in [-0.3, -0.25) is 4.99 Å². The zero-order valence-electron chi connectivity index (χ0n) is 11.6. The predicted molar refractivity (Wildman–Crippen MR) is 76.3 cm³/mol. The van der Waals surface area contributed by atoms with Crippen LogP contribution in [-0.2, 0) is 6.18 Å². The minimum absolute atomic E-state index is 0.103. The van der Waals surface area contributed by atoms with Crippen LogP contribution >= 0.6 is 0 Å². The molecule has 0 N–H and O–H groups in total. The molecule has 0 radical (unpaired) electrons. The second kappa shape index (κ2) is 5.99. The number of alkyl halides is 3. The standard InChI is InChI=1S/C16H14F3NO/c1-11(12-7-3-6-10-15(12)21-2)20-14-9-5-4-8-13(14)16(17,18)19/h3-10H,1-2H3. The minimum atomic E-state index is -4.43. The van der Waals surface area contributed by atoms with E-state index in [0.29, 0.717) is 17.0 Å². The highest BCUT2D eigenvalue weighted by Crippen LogP contribution is 2.36. The lowest BCUT2D eigenvalue weighted by molar-refractivity contribution is -0.137. The molecule has 0 aliphatic carbocycles. The molecular formula is C16H14F3NO. The highest BCUT2D eigenvalue weighted by atomic mass is 19.4. The topological polar surface area (TPSA) is 21.6 Å². The number of benzene rings is 2. The first-order valence-electron chi connectivity index (χ1n) is 6.28. The van der Waals surface area contributed by atoms with E-state index < -0.39 is 11.7 Å². The molecule has 0 heterocycles. The van der Waals surface area contributed by atoms with Crippen molar-refractivity contribution in [1.82, 2.24) is 0 Å². The predicted octanol–water partition coefficient (Wildman–Crippen LogP) is 4.85. The zero-order chi connectivity index (χ0) is 15.5. The Bertz CT molecular complexity index is 663. The Labute approximate surface area is 120 Å². The van der Waals surface area contributed by atoms with Crippen molar-refractivity contribution >= 4 is 11.4 Å². The van der Waals surface area contributed by atoms with Crippen LogP contribution in [0.1, 0.15) is 18.1 Å². The maximum Gasteiger partial charge on any atom is 0.418 e. The number of hydrogen-bond acceptors (Lipinski definition) is 2. The third-order valence-electron chi connectivity index (χ3n) is 2.99. The van der Waals surface area contributed by atoms with Crippen molar-refractivity contribution in [3.05, 3.63) is 59.7 Å². The molecule has 0 unspecified atom stereocenters. The fourth-order valence-electron chi connectivity index (χ4n) is 2.00. The maximum atomic E-state index is 13.0. The van der Waals surface area contributed by atoms with Gasteiger partial charge in [0, 0.05) is 11.3 Å². The lowest BCUT2D eigenvalue weighted by Gasteiger charge is -2.11. The SMILES string of the molecule is COc1ccccc1C(C)=Nc1ccccc1C(F)(F)F. The van der Waals surface area contributed by atoms with Crippen LogP contribution in [0.2, 0.25) is 0 Å². The molecule has 0 spiro atoms. The largest absolute Gasteiger partial charge is 0.496 e. The number of methoxy groups -OCH3 is 1. The van der Waals surface area contributed by atoms with Crippen molar-refractivity contribution < 1.29 is 17.9 Å². The summed E-state index contributed by atoms with van der Waals surface area (Å²) in [6, 6.07) is 12.3. The normalized spacial score (nSPS) is 12.3. The van der Waals surface area contributed by atoms with Crippen LogP contribution in [0.5, 0.6) is 5.75 Å². The van der Waals surface area contributed by atoms with E-state index in [1.54, 1.807) is 31.2 Å². The van der Waals surface area contributed by atoms with Crippen molar-refractivity contribution in [3.8, 4) is 5.75 Å². The smallest absolute Gasteiger partial charge is 0.418 e. The average molecular weight is 293 g/mol. The van der Waals surface area contributed by atoms with E-state index in [9.17, 15) is 13.2 Å². The van der Waals surface area contributed by atoms with Crippen molar-refractivity contribution in [1.29, 1.82) is 0 Å². The number of rotatable bonds is 3. The number of nitrogens with zero attached hydrogens (tertiary/aromatic N) is 1. The summed E-state index contributed by atoms with van der Waals surface area (Å²) in [6.07, 6.45) is -4.43. The molecule has 2 nitrogen and oxygen atoms in total. The van der Waals surface area contributed by atoms with Gasteiger partial charge in [0.15, 0.2) is 0 Å². The molecule has 2 aromatic carbocycles. The van der Waals surface area contributed by atoms with Crippen LogP contribution in [0.15, 0.2) is 53.5 Å². The fraction of sp³-hybridized carbons (Fsp3) is 0.188. The van der Waals surface area contributed by atoms with Crippen LogP contribution in [0.3, 0.4) is 0 Å². The van der Waals surface area contributed by atoms with Crippen LogP contribution in [0.4, 0.5) is 18.9 Å². The highest BCUT2D eigenvalue weighted by Gasteiger charge is 2.33. The average Bonchev–Trinajstić information content (AvgIpc) is 2.46. The Morgan fingerprint density at radius 3 is 2.29 bits per heavy atom. The molecule has 0 aliphatic heterocycles. The van der Waals surface area contributed by atoms with Crippen molar-refractivity contribution in [2.24, 2.45) is 4.99 Å². The number of ether oxygens (including phenoxy) is 1. The van der Waals surface area contributed by atoms with Crippen molar-refractivity contribution in [2.75, 3.05) is 7.11 Å². The molecule has 0 fully saturated rings. The Morgan fingerprint density at radius 1 is 1.00 bits per heavy atom. The number of para-hydroxylation sites is 2. The monoisotopic (exact) mass is 293 g/mol. The molecule has 110 valence electrons. The van der Waals surface area contributed by atoms with Crippen LogP contribution in [0.25, 0.3) is 0 Å². The molecule has 2 aromatic rings. The fourth-order valence-corrected chi connectivity index (χ4v) is 2.00. The molecule has 0 aromatic heterocycles. The molecule has 5 heteroatoms. The van der Waals surface area contributed by atoms with E-state index in [2.05, 4.69) is 4.99 Å². The number of hydrogen-bond donors (Lipinski definition) is 0. The summed E-state index contributed by atoms with van der Waals surface area (Å²) in [5, 5.41) is 0. The molecule has 21 heavy (non-hydrogen) atoms. The third kappa shape index (κ3) is 3.42. The quantitative estimate of drug-likeness (QED) is 0.741. The molecule has 2 rings (SSSR count). The molecular weight excluding hydrogens is 279 g/mol. The maximum absolute atomic E-state index is 13.0. The zero-order valence-corrected chi connectivity index (χ0v) is 11.6. The summed E-state index contributed by atoms with van der Waals surface area (Å²) in [4.78, 5) is 4.12. The van der Waals surface area contributed by atoms with Gasteiger partial charge in [0.1, 0.15) is 5.75 Å². The number of halogens is 3. The van der Waals surface area contributed by atoms with Gasteiger partial charge < -0.3 is 4.74 Å². The summed E-state index contributed by atoms with van der Waals surface area (Å²) in [5.74, 6) is 0.572. The van der Waals surface area contributed by atoms with Gasteiger partial charge in [-0.2, -0.15) is 13.2 Å². The first-order chi connectivity index (χ1) is 9.93. The van der Waals surface area contributed by atoms with Gasteiger partial charge in [-0.1, -0.05) is 24.3 Å². The molecule has 0 atom stereocenters. The van der Waals surface area contributed by atoms with E-state index in [0.717, 1.165) is 6.07 Å². The van der Waals surface area contributed by atoms with E-state index in [4.69, 9.17) is 4.74 Å². The summed E-state index contributed by atoms with van der Waals surface area (Å²) in [6.45, 7) is 1.66. The second-order valence-electron chi connectivity index (χ2n) is 4.41. The molecule has 0 amide bonds. The van der Waals surface area contributed by atoms with Crippen LogP contribution in [0, 0.1) is 0 Å². The Morgan fingerprint density at radius 2 is 1.62 bits per heavy atom. The summed E-state index contributed by atoms with van der Waals surface area (Å²) in [5.41, 5.74) is 0.272. The first-order valence-corrected chi connectivity index (χ1v) is 6.28. The van der Waals surface area contributed by atoms with Gasteiger partial charge in [-0.05, 0) is 31.2 Å². The van der Waals surface area contributed by atoms with Crippen molar-refractivity contribution in [2.45, 2.75) is 13.1 Å². The first kappa shape index (κ1) is 15.1. The van der Waals surface area contributed by atoms with E-state index >= 15 is 0 Å². The lowest BCUT2D eigenvalue weighted by atomic mass is 10.1. The Kier molecular flexibility index (Phi) is 4.31. The highest BCUT2D eigenvalue weighted by molar-refractivity contribution is 6.02. The van der Waals surface area contributed by atoms with Crippen LogP contribution < -0.4 is 4.74 Å². The minimum Gasteiger partial charge on any atom is -0.496 e. The van der Waals surface area contributed by atoms with Gasteiger partial charge in [-0.25, -0.2) is 0 Å². The number of aliphatic imine (C=N–C) groups is 1. The van der Waals surface area contributed by atoms with Gasteiger partial charge in [-0.15, -0.1) is 0 Å². The van der Waals surface area contributed by atoms with E-state index in [1.807, 2.05) is 0 Å². The summed E-state index contributed by atoms with van der Waals surface area (Å²) < 4.78 is 44.1. The Balaban J connectivity index is 2.49. The molecule has 0 bridgehead atoms. The Hall–Kier alpha value is -2.30. The molecule has 0 aliphatic rings. The van der Waals surface area contributed by atoms with Crippen LogP contribution in [-0.4, -0.2) is 12.8 Å². The molecule has 0 saturated carbocycles. The molecule has 0 saturated heterocycles. The van der Waals surface area contributed by atoms with Gasteiger partial charge in [0.2, 0.25) is 0 Å². The van der Waals surface area contributed by atoms with Gasteiger partial charge in [0.05, 0.1) is 18.4 Å². The summed E-state index contributed by atoms with van der Waals surface area (Å²) in [7, 11) is 1.51. The van der Waals surface area contributed by atoms with E-state index in [-0.39, 0.29) is 5.69 Å². The van der Waals surface area contributed by atoms with Gasteiger partial charge >= 0.3 is 6.18 Å². The van der Waals surface area contributed by atoms with E-state index in [1.165, 1.54) is 25.3 Å². The second-order valence-corrected chi connectivity index (χ2v) is 4.41. The third-order valence-corrected chi connectivity index (χ3v) is 2.99. The lowest BCUT2D eigenvalue weighted by Crippen LogP contribution is -2.06. The van der Waals surface area contributed by atoms with Gasteiger partial charge in [0.25, 0.3) is 0 Å². The summed E-state index contributed by atoms with van der Waals surface area (Å²) >= 11 is 0. The van der Waals surface area contributed by atoms with Crippen molar-refractivity contribution in [3.63, 3.8) is 0 Å².